The lowest BCUT2D eigenvalue weighted by Gasteiger charge is -2.37. The largest absolute Gasteiger partial charge is 0.366 e. The first-order chi connectivity index (χ1) is 14.4. The molecule has 0 aliphatic carbocycles. The highest BCUT2D eigenvalue weighted by Gasteiger charge is 2.29. The first-order valence-electron chi connectivity index (χ1n) is 9.73. The zero-order valence-electron chi connectivity index (χ0n) is 16.6. The zero-order valence-corrected chi connectivity index (χ0v) is 17.4. The molecule has 0 spiro atoms. The van der Waals surface area contributed by atoms with Gasteiger partial charge in [-0.15, -0.1) is 11.3 Å². The fourth-order valence-corrected chi connectivity index (χ4v) is 4.45. The minimum atomic E-state index is -0.566. The summed E-state index contributed by atoms with van der Waals surface area (Å²) in [4.78, 5) is 43.9. The molecular weight excluding hydrogens is 402 g/mol. The Labute approximate surface area is 177 Å². The third-order valence-corrected chi connectivity index (χ3v) is 6.29. The van der Waals surface area contributed by atoms with Gasteiger partial charge in [0.15, 0.2) is 0 Å². The van der Waals surface area contributed by atoms with Gasteiger partial charge in [-0.3, -0.25) is 19.3 Å². The van der Waals surface area contributed by atoms with Gasteiger partial charge in [0.25, 0.3) is 11.8 Å². The maximum atomic E-state index is 12.8. The number of thiophene rings is 1. The summed E-state index contributed by atoms with van der Waals surface area (Å²) in [5, 5.41) is 5.99. The highest BCUT2D eigenvalue weighted by atomic mass is 32.1. The van der Waals surface area contributed by atoms with Gasteiger partial charge in [0, 0.05) is 37.1 Å². The molecule has 1 aliphatic heterocycles. The Morgan fingerprint density at radius 2 is 1.87 bits per heavy atom. The topological polar surface area (TPSA) is 112 Å². The Balaban J connectivity index is 1.35. The van der Waals surface area contributed by atoms with Crippen LogP contribution in [0, 0.1) is 0 Å². The first kappa shape index (κ1) is 20.1. The maximum Gasteiger partial charge on any atom is 0.270 e. The number of para-hydroxylation sites is 1. The molecule has 9 heteroatoms. The summed E-state index contributed by atoms with van der Waals surface area (Å²) >= 11 is 1.27. The van der Waals surface area contributed by atoms with E-state index in [2.05, 4.69) is 10.3 Å². The lowest BCUT2D eigenvalue weighted by atomic mass is 10.2. The third-order valence-electron chi connectivity index (χ3n) is 5.46. The number of nitrogens with one attached hydrogen (secondary N) is 2. The number of carbonyl (C=O) groups excluding carboxylic acids is 3. The van der Waals surface area contributed by atoms with Gasteiger partial charge < -0.3 is 20.9 Å². The third kappa shape index (κ3) is 3.94. The predicted octanol–water partition coefficient (Wildman–Crippen LogP) is 2.11. The molecular formula is C21H23N5O3S. The Morgan fingerprint density at radius 1 is 1.13 bits per heavy atom. The number of fused-ring (bicyclic) bond motifs is 1. The average Bonchev–Trinajstić information content (AvgIpc) is 3.39. The van der Waals surface area contributed by atoms with Crippen LogP contribution in [0.2, 0.25) is 0 Å². The molecule has 4 rings (SSSR count). The Hall–Kier alpha value is -3.17. The lowest BCUT2D eigenvalue weighted by molar-refractivity contribution is -0.121. The highest BCUT2D eigenvalue weighted by Crippen LogP contribution is 2.23. The number of H-pyrrole nitrogens is 1. The quantitative estimate of drug-likeness (QED) is 0.581. The van der Waals surface area contributed by atoms with Gasteiger partial charge in [-0.2, -0.15) is 0 Å². The number of hydrogen-bond donors (Lipinski definition) is 3. The molecule has 0 saturated carbocycles. The van der Waals surface area contributed by atoms with Gasteiger partial charge >= 0.3 is 0 Å². The normalized spacial score (nSPS) is 15.8. The van der Waals surface area contributed by atoms with E-state index >= 15 is 0 Å². The number of amides is 3. The number of rotatable bonds is 5. The van der Waals surface area contributed by atoms with Crippen molar-refractivity contribution in [2.24, 2.45) is 5.73 Å². The summed E-state index contributed by atoms with van der Waals surface area (Å²) in [5.41, 5.74) is 7.16. The van der Waals surface area contributed by atoms with E-state index in [0.29, 0.717) is 42.4 Å². The number of aromatic amines is 1. The van der Waals surface area contributed by atoms with Crippen LogP contribution in [0.25, 0.3) is 10.9 Å². The van der Waals surface area contributed by atoms with E-state index in [1.165, 1.54) is 11.3 Å². The standard InChI is InChI=1S/C21H23N5O3S/c1-13(19(28)24-20-15(18(22)27)6-11-30-20)25-7-9-26(10-8-25)21(29)17-12-14-4-2-3-5-16(14)23-17/h2-6,11-13,23H,7-10H2,1H3,(H2,22,27)(H,24,28). The number of primary amides is 1. The van der Waals surface area contributed by atoms with Crippen LogP contribution >= 0.6 is 11.3 Å². The number of hydrogen-bond acceptors (Lipinski definition) is 5. The van der Waals surface area contributed by atoms with Crippen molar-refractivity contribution < 1.29 is 14.4 Å². The van der Waals surface area contributed by atoms with Crippen molar-refractivity contribution in [1.29, 1.82) is 0 Å². The smallest absolute Gasteiger partial charge is 0.270 e. The minimum absolute atomic E-state index is 0.0346. The Morgan fingerprint density at radius 3 is 2.57 bits per heavy atom. The fraction of sp³-hybridized carbons (Fsp3) is 0.286. The highest BCUT2D eigenvalue weighted by molar-refractivity contribution is 7.14. The molecule has 2 aromatic heterocycles. The van der Waals surface area contributed by atoms with Crippen molar-refractivity contribution in [2.75, 3.05) is 31.5 Å². The van der Waals surface area contributed by atoms with Crippen molar-refractivity contribution in [1.82, 2.24) is 14.8 Å². The van der Waals surface area contributed by atoms with Crippen LogP contribution in [0.4, 0.5) is 5.00 Å². The van der Waals surface area contributed by atoms with Crippen LogP contribution in [0.1, 0.15) is 27.8 Å². The van der Waals surface area contributed by atoms with E-state index < -0.39 is 11.9 Å². The average molecular weight is 426 g/mol. The van der Waals surface area contributed by atoms with Crippen molar-refractivity contribution in [3.63, 3.8) is 0 Å². The second-order valence-corrected chi connectivity index (χ2v) is 8.21. The van der Waals surface area contributed by atoms with Gasteiger partial charge in [0.1, 0.15) is 10.7 Å². The van der Waals surface area contributed by atoms with Gasteiger partial charge in [-0.25, -0.2) is 0 Å². The number of carbonyl (C=O) groups is 3. The number of nitrogens with two attached hydrogens (primary N) is 1. The van der Waals surface area contributed by atoms with Crippen LogP contribution in [-0.4, -0.2) is 64.7 Å². The summed E-state index contributed by atoms with van der Waals surface area (Å²) in [6.07, 6.45) is 0. The van der Waals surface area contributed by atoms with Crippen LogP contribution in [0.5, 0.6) is 0 Å². The van der Waals surface area contributed by atoms with E-state index in [9.17, 15) is 14.4 Å². The van der Waals surface area contributed by atoms with Gasteiger partial charge in [0.2, 0.25) is 5.91 Å². The second kappa shape index (κ2) is 8.29. The molecule has 1 saturated heterocycles. The van der Waals surface area contributed by atoms with E-state index in [1.807, 2.05) is 42.2 Å². The molecule has 3 aromatic rings. The summed E-state index contributed by atoms with van der Waals surface area (Å²) in [6.45, 7) is 4.08. The molecule has 1 aromatic carbocycles. The van der Waals surface area contributed by atoms with E-state index in [1.54, 1.807) is 16.3 Å². The molecule has 3 amide bonds. The number of benzene rings is 1. The number of piperazine rings is 1. The number of anilines is 1. The van der Waals surface area contributed by atoms with Crippen molar-refractivity contribution in [2.45, 2.75) is 13.0 Å². The SMILES string of the molecule is CC(C(=O)Nc1sccc1C(N)=O)N1CCN(C(=O)c2cc3ccccc3[nH]2)CC1. The van der Waals surface area contributed by atoms with Crippen molar-refractivity contribution >= 4 is 45.0 Å². The van der Waals surface area contributed by atoms with Crippen molar-refractivity contribution in [3.8, 4) is 0 Å². The van der Waals surface area contributed by atoms with Crippen LogP contribution in [0.3, 0.4) is 0 Å². The molecule has 4 N–H and O–H groups in total. The van der Waals surface area contributed by atoms with Gasteiger partial charge in [0.05, 0.1) is 11.6 Å². The molecule has 3 heterocycles. The molecule has 1 atom stereocenters. The van der Waals surface area contributed by atoms with Crippen LogP contribution < -0.4 is 11.1 Å². The van der Waals surface area contributed by atoms with Gasteiger partial charge in [-0.05, 0) is 30.5 Å². The predicted molar refractivity (Wildman–Crippen MR) is 117 cm³/mol. The second-order valence-electron chi connectivity index (χ2n) is 7.29. The van der Waals surface area contributed by atoms with Gasteiger partial charge in [-0.1, -0.05) is 18.2 Å². The van der Waals surface area contributed by atoms with E-state index in [4.69, 9.17) is 5.73 Å². The monoisotopic (exact) mass is 425 g/mol. The maximum absolute atomic E-state index is 12.8. The fourth-order valence-electron chi connectivity index (χ4n) is 3.65. The molecule has 1 aliphatic rings. The molecule has 30 heavy (non-hydrogen) atoms. The first-order valence-corrected chi connectivity index (χ1v) is 10.6. The molecule has 8 nitrogen and oxygen atoms in total. The number of nitrogens with zero attached hydrogens (tertiary/aromatic N) is 2. The summed E-state index contributed by atoms with van der Waals surface area (Å²) in [6, 6.07) is 10.9. The molecule has 0 bridgehead atoms. The zero-order chi connectivity index (χ0) is 21.3. The van der Waals surface area contributed by atoms with E-state index in [-0.39, 0.29) is 11.8 Å². The van der Waals surface area contributed by atoms with Crippen LogP contribution in [0.15, 0.2) is 41.8 Å². The Kier molecular flexibility index (Phi) is 5.56. The lowest BCUT2D eigenvalue weighted by Crippen LogP contribution is -2.54. The molecule has 0 radical (unpaired) electrons. The van der Waals surface area contributed by atoms with Crippen LogP contribution in [-0.2, 0) is 4.79 Å². The molecule has 156 valence electrons. The Bertz CT molecular complexity index is 1060. The summed E-state index contributed by atoms with van der Waals surface area (Å²) in [7, 11) is 0. The summed E-state index contributed by atoms with van der Waals surface area (Å²) < 4.78 is 0. The molecule has 1 fully saturated rings. The van der Waals surface area contributed by atoms with Crippen molar-refractivity contribution in [3.05, 3.63) is 53.0 Å². The van der Waals surface area contributed by atoms with E-state index in [0.717, 1.165) is 10.9 Å². The number of aromatic nitrogens is 1. The summed E-state index contributed by atoms with van der Waals surface area (Å²) in [5.74, 6) is -0.800. The minimum Gasteiger partial charge on any atom is -0.366 e. The molecule has 1 unspecified atom stereocenters.